The van der Waals surface area contributed by atoms with Gasteiger partial charge >= 0.3 is 0 Å². The van der Waals surface area contributed by atoms with E-state index in [-0.39, 0.29) is 5.91 Å². The lowest BCUT2D eigenvalue weighted by molar-refractivity contribution is -0.134. The van der Waals surface area contributed by atoms with Crippen LogP contribution in [0.4, 0.5) is 0 Å². The van der Waals surface area contributed by atoms with E-state index in [1.165, 1.54) is 18.2 Å². The van der Waals surface area contributed by atoms with Gasteiger partial charge in [0.25, 0.3) is 0 Å². The lowest BCUT2D eigenvalue weighted by Crippen LogP contribution is -2.48. The molecule has 0 saturated carbocycles. The maximum Gasteiger partial charge on any atom is 0.233 e. The first-order chi connectivity index (χ1) is 10.0. The summed E-state index contributed by atoms with van der Waals surface area (Å²) in [6.45, 7) is 7.41. The van der Waals surface area contributed by atoms with E-state index in [0.29, 0.717) is 30.9 Å². The number of thioether (sulfide) groups is 1. The fourth-order valence-corrected chi connectivity index (χ4v) is 3.85. The molecule has 6 nitrogen and oxygen atoms in total. The Morgan fingerprint density at radius 2 is 2.00 bits per heavy atom. The Morgan fingerprint density at radius 1 is 1.33 bits per heavy atom. The van der Waals surface area contributed by atoms with Crippen LogP contribution < -0.4 is 5.73 Å². The van der Waals surface area contributed by atoms with E-state index in [0.717, 1.165) is 23.8 Å². The summed E-state index contributed by atoms with van der Waals surface area (Å²) in [5.41, 5.74) is 5.61. The van der Waals surface area contributed by atoms with Crippen LogP contribution in [0.15, 0.2) is 5.16 Å². The number of likely N-dealkylation sites (tertiary alicyclic amines) is 1. The van der Waals surface area contributed by atoms with Crippen molar-refractivity contribution < 1.29 is 4.79 Å². The van der Waals surface area contributed by atoms with Gasteiger partial charge < -0.3 is 15.2 Å². The van der Waals surface area contributed by atoms with E-state index < -0.39 is 0 Å². The molecule has 0 aliphatic carbocycles. The smallest absolute Gasteiger partial charge is 0.233 e. The van der Waals surface area contributed by atoms with E-state index in [4.69, 9.17) is 5.73 Å². The normalized spacial score (nSPS) is 22.6. The number of carbonyl (C=O) groups is 1. The van der Waals surface area contributed by atoms with Crippen LogP contribution in [-0.2, 0) is 11.3 Å². The minimum absolute atomic E-state index is 0.194. The number of hydrogen-bond acceptors (Lipinski definition) is 5. The van der Waals surface area contributed by atoms with Gasteiger partial charge in [-0.15, -0.1) is 10.2 Å². The summed E-state index contributed by atoms with van der Waals surface area (Å²) >= 11 is 1.46. The molecule has 1 aromatic rings. The van der Waals surface area contributed by atoms with Crippen molar-refractivity contribution in [2.45, 2.75) is 63.8 Å². The molecule has 2 unspecified atom stereocenters. The maximum atomic E-state index is 12.5. The molecule has 7 heteroatoms. The van der Waals surface area contributed by atoms with Gasteiger partial charge in [0.1, 0.15) is 5.82 Å². The first-order valence-electron chi connectivity index (χ1n) is 7.58. The molecule has 2 atom stereocenters. The molecule has 1 amide bonds. The molecule has 2 N–H and O–H groups in total. The average Bonchev–Trinajstić information content (AvgIpc) is 2.78. The summed E-state index contributed by atoms with van der Waals surface area (Å²) < 4.78 is 1.97. The van der Waals surface area contributed by atoms with Crippen LogP contribution in [0.25, 0.3) is 0 Å². The minimum atomic E-state index is 0.194. The number of nitrogens with zero attached hydrogens (tertiary/aromatic N) is 4. The Hall–Kier alpha value is -1.08. The van der Waals surface area contributed by atoms with Crippen LogP contribution in [0, 0.1) is 6.92 Å². The van der Waals surface area contributed by atoms with Crippen molar-refractivity contribution >= 4 is 17.7 Å². The van der Waals surface area contributed by atoms with Crippen LogP contribution in [0.3, 0.4) is 0 Å². The average molecular weight is 311 g/mol. The Labute approximate surface area is 130 Å². The van der Waals surface area contributed by atoms with Crippen molar-refractivity contribution in [2.24, 2.45) is 5.73 Å². The zero-order valence-corrected chi connectivity index (χ0v) is 13.9. The minimum Gasteiger partial charge on any atom is -0.337 e. The number of aryl methyl sites for hydroxylation is 1. The van der Waals surface area contributed by atoms with E-state index >= 15 is 0 Å². The molecule has 0 aromatic carbocycles. The van der Waals surface area contributed by atoms with E-state index in [9.17, 15) is 4.79 Å². The molecule has 1 fully saturated rings. The largest absolute Gasteiger partial charge is 0.337 e. The van der Waals surface area contributed by atoms with Gasteiger partial charge in [0.2, 0.25) is 5.91 Å². The molecule has 0 bridgehead atoms. The van der Waals surface area contributed by atoms with Crippen molar-refractivity contribution in [2.75, 3.05) is 12.3 Å². The van der Waals surface area contributed by atoms with Gasteiger partial charge in [0.05, 0.1) is 5.75 Å². The van der Waals surface area contributed by atoms with Gasteiger partial charge in [-0.3, -0.25) is 4.79 Å². The summed E-state index contributed by atoms with van der Waals surface area (Å²) in [5.74, 6) is 1.45. The second-order valence-corrected chi connectivity index (χ2v) is 6.63. The van der Waals surface area contributed by atoms with Crippen LogP contribution in [0.1, 0.15) is 38.9 Å². The third kappa shape index (κ3) is 3.77. The molecular formula is C14H25N5OS. The van der Waals surface area contributed by atoms with Gasteiger partial charge in [-0.05, 0) is 40.0 Å². The number of rotatable bonds is 5. The van der Waals surface area contributed by atoms with E-state index in [1.54, 1.807) is 0 Å². The fourth-order valence-electron chi connectivity index (χ4n) is 2.97. The molecule has 1 saturated heterocycles. The Balaban J connectivity index is 1.97. The molecule has 1 aliphatic rings. The molecule has 1 aromatic heterocycles. The van der Waals surface area contributed by atoms with Gasteiger partial charge in [0.15, 0.2) is 5.16 Å². The molecule has 118 valence electrons. The van der Waals surface area contributed by atoms with Crippen LogP contribution in [-0.4, -0.2) is 50.0 Å². The number of carbonyl (C=O) groups excluding carboxylic acids is 1. The van der Waals surface area contributed by atoms with Gasteiger partial charge in [-0.2, -0.15) is 0 Å². The lowest BCUT2D eigenvalue weighted by Gasteiger charge is -2.39. The first-order valence-corrected chi connectivity index (χ1v) is 8.57. The number of aromatic nitrogens is 3. The Bertz CT molecular complexity index is 480. The third-order valence-electron chi connectivity index (χ3n) is 4.06. The molecule has 0 spiro atoms. The summed E-state index contributed by atoms with van der Waals surface area (Å²) in [7, 11) is 0. The SMILES string of the molecule is Cc1nnc(SCC(=O)N2C(C)CCCC2C)n1CCN. The second kappa shape index (κ2) is 7.26. The Kier molecular flexibility index (Phi) is 5.64. The molecule has 21 heavy (non-hydrogen) atoms. The van der Waals surface area contributed by atoms with E-state index in [1.807, 2.05) is 16.4 Å². The summed E-state index contributed by atoms with van der Waals surface area (Å²) in [6, 6.07) is 0.677. The highest BCUT2D eigenvalue weighted by Crippen LogP contribution is 2.25. The van der Waals surface area contributed by atoms with Crippen LogP contribution >= 0.6 is 11.8 Å². The molecule has 2 heterocycles. The summed E-state index contributed by atoms with van der Waals surface area (Å²) in [5, 5.41) is 8.99. The maximum absolute atomic E-state index is 12.5. The lowest BCUT2D eigenvalue weighted by atomic mass is 9.98. The second-order valence-electron chi connectivity index (χ2n) is 5.69. The predicted octanol–water partition coefficient (Wildman–Crippen LogP) is 1.43. The van der Waals surface area contributed by atoms with Crippen molar-refractivity contribution in [3.05, 3.63) is 5.82 Å². The van der Waals surface area contributed by atoms with Crippen molar-refractivity contribution in [3.63, 3.8) is 0 Å². The number of hydrogen-bond donors (Lipinski definition) is 1. The zero-order valence-electron chi connectivity index (χ0n) is 13.1. The summed E-state index contributed by atoms with van der Waals surface area (Å²) in [6.07, 6.45) is 3.41. The van der Waals surface area contributed by atoms with Crippen LogP contribution in [0.5, 0.6) is 0 Å². The monoisotopic (exact) mass is 311 g/mol. The van der Waals surface area contributed by atoms with Crippen LogP contribution in [0.2, 0.25) is 0 Å². The topological polar surface area (TPSA) is 77.0 Å². The highest BCUT2D eigenvalue weighted by atomic mass is 32.2. The third-order valence-corrected chi connectivity index (χ3v) is 5.01. The predicted molar refractivity (Wildman–Crippen MR) is 84.2 cm³/mol. The fraction of sp³-hybridized carbons (Fsp3) is 0.786. The van der Waals surface area contributed by atoms with E-state index in [2.05, 4.69) is 24.0 Å². The molecular weight excluding hydrogens is 286 g/mol. The number of nitrogens with two attached hydrogens (primary N) is 1. The number of piperidine rings is 1. The molecule has 0 radical (unpaired) electrons. The van der Waals surface area contributed by atoms with Gasteiger partial charge in [0, 0.05) is 25.2 Å². The molecule has 2 rings (SSSR count). The molecule has 1 aliphatic heterocycles. The summed E-state index contributed by atoms with van der Waals surface area (Å²) in [4.78, 5) is 14.5. The quantitative estimate of drug-likeness (QED) is 0.832. The zero-order chi connectivity index (χ0) is 15.4. The van der Waals surface area contributed by atoms with Gasteiger partial charge in [-0.1, -0.05) is 11.8 Å². The first kappa shape index (κ1) is 16.3. The van der Waals surface area contributed by atoms with Crippen molar-refractivity contribution in [1.82, 2.24) is 19.7 Å². The Morgan fingerprint density at radius 3 is 2.62 bits per heavy atom. The van der Waals surface area contributed by atoms with Crippen molar-refractivity contribution in [3.8, 4) is 0 Å². The van der Waals surface area contributed by atoms with Crippen molar-refractivity contribution in [1.29, 1.82) is 0 Å². The highest BCUT2D eigenvalue weighted by molar-refractivity contribution is 7.99. The standard InChI is InChI=1S/C14H25N5OS/c1-10-5-4-6-11(2)19(10)13(20)9-21-14-17-16-12(3)18(14)8-7-15/h10-11H,4-9,15H2,1-3H3. The number of amides is 1. The highest BCUT2D eigenvalue weighted by Gasteiger charge is 2.29. The van der Waals surface area contributed by atoms with Gasteiger partial charge in [-0.25, -0.2) is 0 Å².